The van der Waals surface area contributed by atoms with E-state index in [2.05, 4.69) is 4.98 Å². The molecule has 0 spiro atoms. The second-order valence-electron chi connectivity index (χ2n) is 3.18. The average Bonchev–Trinajstić information content (AvgIpc) is 2.23. The van der Waals surface area contributed by atoms with E-state index in [-0.39, 0.29) is 29.8 Å². The number of nitrogens with two attached hydrogens (primary N) is 1. The summed E-state index contributed by atoms with van der Waals surface area (Å²) < 4.78 is 30.7. The number of esters is 1. The van der Waals surface area contributed by atoms with Crippen molar-refractivity contribution in [1.29, 1.82) is 0 Å². The van der Waals surface area contributed by atoms with Crippen molar-refractivity contribution in [2.45, 2.75) is 19.8 Å². The number of hydrogen-bond acceptors (Lipinski definition) is 4. The van der Waals surface area contributed by atoms with E-state index in [1.807, 2.05) is 0 Å². The van der Waals surface area contributed by atoms with E-state index in [4.69, 9.17) is 10.5 Å². The molecule has 1 aromatic heterocycles. The first-order chi connectivity index (χ1) is 7.97. The van der Waals surface area contributed by atoms with Gasteiger partial charge in [0.15, 0.2) is 0 Å². The van der Waals surface area contributed by atoms with Crippen molar-refractivity contribution >= 4 is 34.2 Å². The monoisotopic (exact) mass is 356 g/mol. The van der Waals surface area contributed by atoms with Gasteiger partial charge in [-0.15, -0.1) is 0 Å². The standard InChI is InChI=1S/C10H11F2IN2O2/c1-2-17-6(16)3-5-4-15-10(13)8(14)7(5)9(11)12/h4,9H,2-3,14H2,1H3. The molecule has 0 aliphatic carbocycles. The number of alkyl halides is 2. The zero-order valence-corrected chi connectivity index (χ0v) is 11.2. The van der Waals surface area contributed by atoms with E-state index in [1.54, 1.807) is 29.5 Å². The molecule has 1 rings (SSSR count). The van der Waals surface area contributed by atoms with Gasteiger partial charge in [-0.25, -0.2) is 13.8 Å². The third kappa shape index (κ3) is 3.48. The van der Waals surface area contributed by atoms with Crippen LogP contribution in [0.4, 0.5) is 14.5 Å². The number of hydrogen-bond donors (Lipinski definition) is 1. The van der Waals surface area contributed by atoms with Crippen LogP contribution >= 0.6 is 22.6 Å². The Morgan fingerprint density at radius 2 is 2.29 bits per heavy atom. The van der Waals surface area contributed by atoms with Crippen LogP contribution in [0.5, 0.6) is 0 Å². The summed E-state index contributed by atoms with van der Waals surface area (Å²) >= 11 is 1.76. The Kier molecular flexibility index (Phi) is 5.03. The highest BCUT2D eigenvalue weighted by Gasteiger charge is 2.21. The van der Waals surface area contributed by atoms with Crippen LogP contribution in [0.3, 0.4) is 0 Å². The average molecular weight is 356 g/mol. The summed E-state index contributed by atoms with van der Waals surface area (Å²) in [5.74, 6) is -0.572. The molecule has 0 radical (unpaired) electrons. The van der Waals surface area contributed by atoms with Crippen LogP contribution in [-0.4, -0.2) is 17.6 Å². The van der Waals surface area contributed by atoms with Gasteiger partial charge < -0.3 is 10.5 Å². The summed E-state index contributed by atoms with van der Waals surface area (Å²) in [6.07, 6.45) is -1.76. The van der Waals surface area contributed by atoms with Crippen LogP contribution in [0.1, 0.15) is 24.5 Å². The fourth-order valence-corrected chi connectivity index (χ4v) is 1.75. The number of carbonyl (C=O) groups excluding carboxylic acids is 1. The highest BCUT2D eigenvalue weighted by atomic mass is 127. The van der Waals surface area contributed by atoms with Crippen molar-refractivity contribution in [3.05, 3.63) is 21.0 Å². The van der Waals surface area contributed by atoms with Crippen molar-refractivity contribution in [1.82, 2.24) is 4.98 Å². The number of carbonyl (C=O) groups is 1. The molecule has 0 unspecified atom stereocenters. The molecular weight excluding hydrogens is 345 g/mol. The molecular formula is C10H11F2IN2O2. The minimum atomic E-state index is -2.74. The second-order valence-corrected chi connectivity index (χ2v) is 4.21. The number of ether oxygens (including phenoxy) is 1. The summed E-state index contributed by atoms with van der Waals surface area (Å²) in [7, 11) is 0. The van der Waals surface area contributed by atoms with Crippen molar-refractivity contribution < 1.29 is 18.3 Å². The molecule has 0 saturated heterocycles. The van der Waals surface area contributed by atoms with E-state index >= 15 is 0 Å². The fourth-order valence-electron chi connectivity index (χ4n) is 1.32. The number of aromatic nitrogens is 1. The lowest BCUT2D eigenvalue weighted by molar-refractivity contribution is -0.142. The highest BCUT2D eigenvalue weighted by molar-refractivity contribution is 14.1. The molecule has 0 aromatic carbocycles. The number of nitrogens with zero attached hydrogens (tertiary/aromatic N) is 1. The molecule has 0 aliphatic rings. The molecule has 0 saturated carbocycles. The third-order valence-electron chi connectivity index (χ3n) is 2.05. The first-order valence-corrected chi connectivity index (χ1v) is 5.91. The zero-order chi connectivity index (χ0) is 13.0. The molecule has 1 heterocycles. The normalized spacial score (nSPS) is 10.6. The maximum Gasteiger partial charge on any atom is 0.310 e. The molecule has 0 amide bonds. The topological polar surface area (TPSA) is 65.2 Å². The van der Waals surface area contributed by atoms with E-state index in [1.165, 1.54) is 6.20 Å². The molecule has 0 bridgehead atoms. The lowest BCUT2D eigenvalue weighted by Gasteiger charge is -2.11. The molecule has 1 aromatic rings. The van der Waals surface area contributed by atoms with Gasteiger partial charge in [0, 0.05) is 11.8 Å². The lowest BCUT2D eigenvalue weighted by Crippen LogP contribution is -2.12. The first kappa shape index (κ1) is 14.1. The molecule has 2 N–H and O–H groups in total. The van der Waals surface area contributed by atoms with Gasteiger partial charge in [0.25, 0.3) is 6.43 Å². The largest absolute Gasteiger partial charge is 0.466 e. The van der Waals surface area contributed by atoms with Crippen LogP contribution < -0.4 is 5.73 Å². The van der Waals surface area contributed by atoms with Crippen molar-refractivity contribution in [3.8, 4) is 0 Å². The molecule has 4 nitrogen and oxygen atoms in total. The molecule has 0 atom stereocenters. The Morgan fingerprint density at radius 3 is 2.82 bits per heavy atom. The van der Waals surface area contributed by atoms with Crippen LogP contribution in [0.25, 0.3) is 0 Å². The maximum absolute atomic E-state index is 12.8. The number of pyridine rings is 1. The number of halogens is 3. The van der Waals surface area contributed by atoms with Gasteiger partial charge in [0.1, 0.15) is 3.70 Å². The van der Waals surface area contributed by atoms with Gasteiger partial charge in [-0.3, -0.25) is 4.79 Å². The molecule has 0 fully saturated rings. The smallest absolute Gasteiger partial charge is 0.310 e. The first-order valence-electron chi connectivity index (χ1n) is 4.83. The number of nitrogen functional groups attached to an aromatic ring is 1. The maximum atomic E-state index is 12.8. The van der Waals surface area contributed by atoms with E-state index < -0.39 is 12.4 Å². The van der Waals surface area contributed by atoms with Crippen LogP contribution in [0.2, 0.25) is 0 Å². The van der Waals surface area contributed by atoms with Crippen molar-refractivity contribution in [2.24, 2.45) is 0 Å². The summed E-state index contributed by atoms with van der Waals surface area (Å²) in [6.45, 7) is 1.85. The van der Waals surface area contributed by atoms with Gasteiger partial charge in [-0.2, -0.15) is 0 Å². The third-order valence-corrected chi connectivity index (χ3v) is 2.91. The predicted molar refractivity (Wildman–Crippen MR) is 66.7 cm³/mol. The quantitative estimate of drug-likeness (QED) is 0.511. The van der Waals surface area contributed by atoms with Crippen LogP contribution in [-0.2, 0) is 16.0 Å². The second kappa shape index (κ2) is 6.08. The summed E-state index contributed by atoms with van der Waals surface area (Å²) in [5, 5.41) is 0. The predicted octanol–water partition coefficient (Wildman–Crippen LogP) is 2.31. The summed E-state index contributed by atoms with van der Waals surface area (Å²) in [4.78, 5) is 15.1. The Labute approximate surface area is 111 Å². The van der Waals surface area contributed by atoms with Crippen molar-refractivity contribution in [3.63, 3.8) is 0 Å². The Morgan fingerprint density at radius 1 is 1.65 bits per heavy atom. The van der Waals surface area contributed by atoms with Crippen LogP contribution in [0.15, 0.2) is 6.20 Å². The minimum absolute atomic E-state index is 0.0811. The van der Waals surface area contributed by atoms with Gasteiger partial charge in [0.05, 0.1) is 18.7 Å². The minimum Gasteiger partial charge on any atom is -0.466 e. The SMILES string of the molecule is CCOC(=O)Cc1cnc(I)c(N)c1C(F)F. The van der Waals surface area contributed by atoms with Gasteiger partial charge in [-0.05, 0) is 35.1 Å². The van der Waals surface area contributed by atoms with Gasteiger partial charge >= 0.3 is 5.97 Å². The molecule has 17 heavy (non-hydrogen) atoms. The molecule has 94 valence electrons. The Hall–Kier alpha value is -0.990. The zero-order valence-electron chi connectivity index (χ0n) is 9.04. The Balaban J connectivity index is 3.07. The number of anilines is 1. The lowest BCUT2D eigenvalue weighted by atomic mass is 10.1. The molecule has 0 aliphatic heterocycles. The Bertz CT molecular complexity index is 427. The molecule has 7 heteroatoms. The fraction of sp³-hybridized carbons (Fsp3) is 0.400. The van der Waals surface area contributed by atoms with E-state index in [0.29, 0.717) is 3.70 Å². The van der Waals surface area contributed by atoms with Crippen LogP contribution in [0, 0.1) is 3.70 Å². The summed E-state index contributed by atoms with van der Waals surface area (Å²) in [6, 6.07) is 0. The van der Waals surface area contributed by atoms with Crippen molar-refractivity contribution in [2.75, 3.05) is 12.3 Å². The van der Waals surface area contributed by atoms with E-state index in [9.17, 15) is 13.6 Å². The van der Waals surface area contributed by atoms with E-state index in [0.717, 1.165) is 0 Å². The highest BCUT2D eigenvalue weighted by Crippen LogP contribution is 2.31. The number of rotatable bonds is 4. The van der Waals surface area contributed by atoms with Gasteiger partial charge in [0.2, 0.25) is 0 Å². The summed E-state index contributed by atoms with van der Waals surface area (Å²) in [5.41, 5.74) is 5.22. The van der Waals surface area contributed by atoms with Gasteiger partial charge in [-0.1, -0.05) is 0 Å².